The summed E-state index contributed by atoms with van der Waals surface area (Å²) in [4.78, 5) is 14.8. The molecule has 2 aliphatic heterocycles. The lowest BCUT2D eigenvalue weighted by atomic mass is 9.98. The van der Waals surface area contributed by atoms with Gasteiger partial charge in [-0.25, -0.2) is 0 Å². The third-order valence-corrected chi connectivity index (χ3v) is 4.46. The SMILES string of the molecule is CC(CN1CCCC1)NC(=O)c1ccc2c(c1)CNCC2. The van der Waals surface area contributed by atoms with Crippen LogP contribution in [0.5, 0.6) is 0 Å². The second-order valence-corrected chi connectivity index (χ2v) is 6.29. The van der Waals surface area contributed by atoms with E-state index in [-0.39, 0.29) is 11.9 Å². The van der Waals surface area contributed by atoms with E-state index in [1.165, 1.54) is 37.1 Å². The second kappa shape index (κ2) is 6.58. The summed E-state index contributed by atoms with van der Waals surface area (Å²) < 4.78 is 0. The topological polar surface area (TPSA) is 44.4 Å². The number of likely N-dealkylation sites (tertiary alicyclic amines) is 1. The standard InChI is InChI=1S/C17H25N3O/c1-13(12-20-8-2-3-9-20)19-17(21)15-5-4-14-6-7-18-11-16(14)10-15/h4-5,10,13,18H,2-3,6-9,11-12H2,1H3,(H,19,21). The number of rotatable bonds is 4. The van der Waals surface area contributed by atoms with Crippen LogP contribution in [0.1, 0.15) is 41.3 Å². The van der Waals surface area contributed by atoms with E-state index in [0.717, 1.165) is 31.6 Å². The van der Waals surface area contributed by atoms with Crippen molar-refractivity contribution >= 4 is 5.91 Å². The van der Waals surface area contributed by atoms with Gasteiger partial charge >= 0.3 is 0 Å². The molecule has 21 heavy (non-hydrogen) atoms. The van der Waals surface area contributed by atoms with Gasteiger partial charge in [-0.05, 0) is 69.1 Å². The summed E-state index contributed by atoms with van der Waals surface area (Å²) in [5, 5.41) is 6.49. The summed E-state index contributed by atoms with van der Waals surface area (Å²) in [6.07, 6.45) is 3.64. The van der Waals surface area contributed by atoms with Gasteiger partial charge in [-0.15, -0.1) is 0 Å². The normalized spacial score (nSPS) is 20.0. The van der Waals surface area contributed by atoms with Crippen molar-refractivity contribution in [3.63, 3.8) is 0 Å². The zero-order chi connectivity index (χ0) is 14.7. The number of carbonyl (C=O) groups excluding carboxylic acids is 1. The molecule has 4 heteroatoms. The molecule has 0 aliphatic carbocycles. The average molecular weight is 287 g/mol. The van der Waals surface area contributed by atoms with Crippen LogP contribution >= 0.6 is 0 Å². The highest BCUT2D eigenvalue weighted by Crippen LogP contribution is 2.16. The van der Waals surface area contributed by atoms with E-state index in [2.05, 4.69) is 28.5 Å². The Morgan fingerprint density at radius 2 is 2.14 bits per heavy atom. The molecule has 4 nitrogen and oxygen atoms in total. The minimum Gasteiger partial charge on any atom is -0.348 e. The van der Waals surface area contributed by atoms with Crippen molar-refractivity contribution in [2.24, 2.45) is 0 Å². The monoisotopic (exact) mass is 287 g/mol. The van der Waals surface area contributed by atoms with Crippen molar-refractivity contribution < 1.29 is 4.79 Å². The van der Waals surface area contributed by atoms with Crippen LogP contribution in [0.3, 0.4) is 0 Å². The molecular formula is C17H25N3O. The number of nitrogens with zero attached hydrogens (tertiary/aromatic N) is 1. The zero-order valence-electron chi connectivity index (χ0n) is 12.8. The predicted molar refractivity (Wildman–Crippen MR) is 84.5 cm³/mol. The number of carbonyl (C=O) groups is 1. The molecule has 2 aliphatic rings. The summed E-state index contributed by atoms with van der Waals surface area (Å²) >= 11 is 0. The Hall–Kier alpha value is -1.39. The van der Waals surface area contributed by atoms with Crippen molar-refractivity contribution in [3.8, 4) is 0 Å². The maximum absolute atomic E-state index is 12.4. The van der Waals surface area contributed by atoms with Crippen LogP contribution in [0.4, 0.5) is 0 Å². The fraction of sp³-hybridized carbons (Fsp3) is 0.588. The fourth-order valence-corrected chi connectivity index (χ4v) is 3.33. The molecule has 2 heterocycles. The highest BCUT2D eigenvalue weighted by atomic mass is 16.1. The van der Waals surface area contributed by atoms with Crippen LogP contribution in [-0.2, 0) is 13.0 Å². The average Bonchev–Trinajstić information content (AvgIpc) is 2.99. The molecule has 0 aromatic heterocycles. The maximum Gasteiger partial charge on any atom is 0.251 e. The molecule has 1 amide bonds. The van der Waals surface area contributed by atoms with Gasteiger partial charge in [-0.2, -0.15) is 0 Å². The highest BCUT2D eigenvalue weighted by Gasteiger charge is 2.17. The van der Waals surface area contributed by atoms with Crippen LogP contribution in [0.25, 0.3) is 0 Å². The van der Waals surface area contributed by atoms with Crippen molar-refractivity contribution in [2.45, 2.75) is 38.8 Å². The van der Waals surface area contributed by atoms with Crippen LogP contribution in [0.2, 0.25) is 0 Å². The van der Waals surface area contributed by atoms with Crippen molar-refractivity contribution in [2.75, 3.05) is 26.2 Å². The number of hydrogen-bond acceptors (Lipinski definition) is 3. The lowest BCUT2D eigenvalue weighted by Crippen LogP contribution is -2.41. The predicted octanol–water partition coefficient (Wildman–Crippen LogP) is 1.55. The Bertz CT molecular complexity index is 509. The van der Waals surface area contributed by atoms with Gasteiger partial charge in [0, 0.05) is 24.7 Å². The Kier molecular flexibility index (Phi) is 4.56. The van der Waals surface area contributed by atoms with E-state index in [4.69, 9.17) is 0 Å². The van der Waals surface area contributed by atoms with Crippen LogP contribution in [0.15, 0.2) is 18.2 Å². The number of nitrogens with one attached hydrogen (secondary N) is 2. The van der Waals surface area contributed by atoms with E-state index in [0.29, 0.717) is 0 Å². The van der Waals surface area contributed by atoms with Gasteiger partial charge in [0.1, 0.15) is 0 Å². The van der Waals surface area contributed by atoms with E-state index in [1.807, 2.05) is 12.1 Å². The molecule has 114 valence electrons. The molecule has 1 unspecified atom stereocenters. The molecule has 1 aromatic carbocycles. The first-order chi connectivity index (χ1) is 10.2. The first kappa shape index (κ1) is 14.5. The molecule has 1 fully saturated rings. The van der Waals surface area contributed by atoms with Crippen LogP contribution in [-0.4, -0.2) is 43.0 Å². The Morgan fingerprint density at radius 3 is 2.95 bits per heavy atom. The Morgan fingerprint density at radius 1 is 1.33 bits per heavy atom. The number of amides is 1. The minimum atomic E-state index is 0.0510. The largest absolute Gasteiger partial charge is 0.348 e. The van der Waals surface area contributed by atoms with Gasteiger partial charge in [0.15, 0.2) is 0 Å². The molecule has 3 rings (SSSR count). The maximum atomic E-state index is 12.4. The number of fused-ring (bicyclic) bond motifs is 1. The first-order valence-electron chi connectivity index (χ1n) is 8.08. The van der Waals surface area contributed by atoms with Crippen molar-refractivity contribution in [1.29, 1.82) is 0 Å². The molecule has 1 aromatic rings. The van der Waals surface area contributed by atoms with E-state index >= 15 is 0 Å². The number of hydrogen-bond donors (Lipinski definition) is 2. The molecule has 0 spiro atoms. The van der Waals surface area contributed by atoms with Gasteiger partial charge in [0.05, 0.1) is 0 Å². The van der Waals surface area contributed by atoms with Crippen molar-refractivity contribution in [1.82, 2.24) is 15.5 Å². The van der Waals surface area contributed by atoms with Gasteiger partial charge in [-0.1, -0.05) is 6.07 Å². The van der Waals surface area contributed by atoms with Gasteiger partial charge in [-0.3, -0.25) is 4.79 Å². The van der Waals surface area contributed by atoms with E-state index in [1.54, 1.807) is 0 Å². The number of benzene rings is 1. The molecule has 1 atom stereocenters. The summed E-state index contributed by atoms with van der Waals surface area (Å²) in [5.74, 6) is 0.0510. The van der Waals surface area contributed by atoms with Gasteiger partial charge in [0.25, 0.3) is 5.91 Å². The quantitative estimate of drug-likeness (QED) is 0.883. The lowest BCUT2D eigenvalue weighted by Gasteiger charge is -2.22. The highest BCUT2D eigenvalue weighted by molar-refractivity contribution is 5.94. The molecule has 0 saturated carbocycles. The molecule has 0 bridgehead atoms. The smallest absolute Gasteiger partial charge is 0.251 e. The zero-order valence-corrected chi connectivity index (χ0v) is 12.8. The summed E-state index contributed by atoms with van der Waals surface area (Å²) in [7, 11) is 0. The third kappa shape index (κ3) is 3.63. The van der Waals surface area contributed by atoms with Crippen molar-refractivity contribution in [3.05, 3.63) is 34.9 Å². The molecule has 1 saturated heterocycles. The van der Waals surface area contributed by atoms with E-state index in [9.17, 15) is 4.79 Å². The Balaban J connectivity index is 1.59. The van der Waals surface area contributed by atoms with E-state index < -0.39 is 0 Å². The fourth-order valence-electron chi connectivity index (χ4n) is 3.33. The molecule has 0 radical (unpaired) electrons. The van der Waals surface area contributed by atoms with Crippen LogP contribution < -0.4 is 10.6 Å². The third-order valence-electron chi connectivity index (χ3n) is 4.46. The summed E-state index contributed by atoms with van der Waals surface area (Å²) in [5.41, 5.74) is 3.42. The first-order valence-corrected chi connectivity index (χ1v) is 8.08. The van der Waals surface area contributed by atoms with Gasteiger partial charge < -0.3 is 15.5 Å². The van der Waals surface area contributed by atoms with Crippen LogP contribution in [0, 0.1) is 0 Å². The lowest BCUT2D eigenvalue weighted by molar-refractivity contribution is 0.0932. The van der Waals surface area contributed by atoms with Gasteiger partial charge in [0.2, 0.25) is 0 Å². The summed E-state index contributed by atoms with van der Waals surface area (Å²) in [6, 6.07) is 6.31. The molecular weight excluding hydrogens is 262 g/mol. The summed E-state index contributed by atoms with van der Waals surface area (Å²) in [6.45, 7) is 7.30. The Labute approximate surface area is 126 Å². The molecule has 2 N–H and O–H groups in total. The minimum absolute atomic E-state index is 0.0510. The second-order valence-electron chi connectivity index (χ2n) is 6.29.